The highest BCUT2D eigenvalue weighted by molar-refractivity contribution is 7.82. The Morgan fingerprint density at radius 3 is 2.76 bits per heavy atom. The number of carbonyl (C=O) groups excluding carboxylic acids is 1. The second-order valence-electron chi connectivity index (χ2n) is 5.84. The predicted molar refractivity (Wildman–Crippen MR) is 85.1 cm³/mol. The average molecular weight is 306 g/mol. The molecule has 0 aromatic heterocycles. The first-order valence-corrected chi connectivity index (χ1v) is 7.89. The van der Waals surface area contributed by atoms with Crippen molar-refractivity contribution < 1.29 is 9.18 Å². The number of halogens is 1. The van der Waals surface area contributed by atoms with E-state index in [4.69, 9.17) is 12.2 Å². The van der Waals surface area contributed by atoms with Crippen molar-refractivity contribution in [1.29, 1.82) is 0 Å². The molecule has 0 aliphatic carbocycles. The van der Waals surface area contributed by atoms with Crippen LogP contribution in [0.15, 0.2) is 18.2 Å². The number of thiocarbonyl (C=S) groups is 1. The maximum Gasteiger partial charge on any atom is 0.286 e. The van der Waals surface area contributed by atoms with Crippen molar-refractivity contribution in [2.45, 2.75) is 38.6 Å². The fourth-order valence-corrected chi connectivity index (χ4v) is 3.47. The summed E-state index contributed by atoms with van der Waals surface area (Å²) in [4.78, 5) is 16.9. The molecule has 3 rings (SSSR count). The van der Waals surface area contributed by atoms with Gasteiger partial charge in [0.2, 0.25) is 0 Å². The van der Waals surface area contributed by atoms with Crippen LogP contribution in [-0.2, 0) is 11.2 Å². The van der Waals surface area contributed by atoms with E-state index in [-0.39, 0.29) is 17.8 Å². The van der Waals surface area contributed by atoms with E-state index in [0.717, 1.165) is 50.0 Å². The third kappa shape index (κ3) is 2.67. The zero-order valence-electron chi connectivity index (χ0n) is 12.1. The molecule has 1 unspecified atom stereocenters. The molecule has 0 spiro atoms. The standard InChI is InChI=1S/C16H19FN2OS/c1-11-4-5-12-10-13(17)6-7-14(12)19(11)15(20)16(21)18-8-2-3-9-18/h6-7,10-11H,2-5,8-9H2,1H3. The highest BCUT2D eigenvalue weighted by Crippen LogP contribution is 2.31. The second kappa shape index (κ2) is 5.72. The Morgan fingerprint density at radius 2 is 2.05 bits per heavy atom. The van der Waals surface area contributed by atoms with Crippen LogP contribution < -0.4 is 4.90 Å². The van der Waals surface area contributed by atoms with Gasteiger partial charge in [-0.05, 0) is 56.4 Å². The largest absolute Gasteiger partial charge is 0.358 e. The van der Waals surface area contributed by atoms with Gasteiger partial charge in [0.25, 0.3) is 5.91 Å². The van der Waals surface area contributed by atoms with E-state index in [1.165, 1.54) is 12.1 Å². The molecule has 0 N–H and O–H groups in total. The number of benzene rings is 1. The summed E-state index contributed by atoms with van der Waals surface area (Å²) < 4.78 is 13.4. The molecule has 0 saturated carbocycles. The zero-order chi connectivity index (χ0) is 15.0. The molecule has 5 heteroatoms. The first-order valence-electron chi connectivity index (χ1n) is 7.49. The quantitative estimate of drug-likeness (QED) is 0.689. The number of likely N-dealkylation sites (tertiary alicyclic amines) is 1. The molecule has 2 aliphatic rings. The van der Waals surface area contributed by atoms with Gasteiger partial charge in [0.1, 0.15) is 5.82 Å². The van der Waals surface area contributed by atoms with Crippen LogP contribution in [0.5, 0.6) is 0 Å². The Hall–Kier alpha value is -1.49. The molecule has 2 aliphatic heterocycles. The number of hydrogen-bond acceptors (Lipinski definition) is 2. The number of hydrogen-bond donors (Lipinski definition) is 0. The van der Waals surface area contributed by atoms with Crippen LogP contribution in [0.1, 0.15) is 31.7 Å². The molecular formula is C16H19FN2OS. The van der Waals surface area contributed by atoms with Crippen LogP contribution in [0.4, 0.5) is 10.1 Å². The normalized spacial score (nSPS) is 21.3. The van der Waals surface area contributed by atoms with Crippen molar-refractivity contribution in [3.63, 3.8) is 0 Å². The summed E-state index contributed by atoms with van der Waals surface area (Å²) in [7, 11) is 0. The predicted octanol–water partition coefficient (Wildman–Crippen LogP) is 2.92. The van der Waals surface area contributed by atoms with E-state index in [9.17, 15) is 9.18 Å². The molecule has 1 saturated heterocycles. The van der Waals surface area contributed by atoms with Crippen molar-refractivity contribution in [2.24, 2.45) is 0 Å². The van der Waals surface area contributed by atoms with Gasteiger partial charge in [0.05, 0.1) is 0 Å². The monoisotopic (exact) mass is 306 g/mol. The van der Waals surface area contributed by atoms with Crippen molar-refractivity contribution in [1.82, 2.24) is 4.90 Å². The Kier molecular flexibility index (Phi) is 3.93. The molecule has 1 amide bonds. The fraction of sp³-hybridized carbons (Fsp3) is 0.500. The first-order chi connectivity index (χ1) is 10.1. The van der Waals surface area contributed by atoms with Crippen LogP contribution in [0, 0.1) is 5.82 Å². The molecule has 1 aromatic rings. The van der Waals surface area contributed by atoms with Gasteiger partial charge < -0.3 is 9.80 Å². The number of amides is 1. The molecule has 0 radical (unpaired) electrons. The fourth-order valence-electron chi connectivity index (χ4n) is 3.19. The van der Waals surface area contributed by atoms with E-state index in [1.807, 2.05) is 11.8 Å². The lowest BCUT2D eigenvalue weighted by Crippen LogP contribution is -2.49. The summed E-state index contributed by atoms with van der Waals surface area (Å²) in [6, 6.07) is 4.73. The van der Waals surface area contributed by atoms with Gasteiger partial charge in [-0.2, -0.15) is 0 Å². The summed E-state index contributed by atoms with van der Waals surface area (Å²) in [5, 5.41) is 0. The van der Waals surface area contributed by atoms with E-state index < -0.39 is 0 Å². The van der Waals surface area contributed by atoms with Gasteiger partial charge in [0, 0.05) is 24.8 Å². The number of aryl methyl sites for hydroxylation is 1. The highest BCUT2D eigenvalue weighted by atomic mass is 32.1. The Labute approximate surface area is 129 Å². The lowest BCUT2D eigenvalue weighted by molar-refractivity contribution is -0.113. The third-order valence-corrected chi connectivity index (χ3v) is 4.80. The van der Waals surface area contributed by atoms with Crippen LogP contribution in [0.3, 0.4) is 0 Å². The molecule has 2 heterocycles. The highest BCUT2D eigenvalue weighted by Gasteiger charge is 2.32. The molecular weight excluding hydrogens is 287 g/mol. The lowest BCUT2D eigenvalue weighted by atomic mass is 9.96. The average Bonchev–Trinajstić information content (AvgIpc) is 3.00. The maximum atomic E-state index is 13.4. The van der Waals surface area contributed by atoms with Gasteiger partial charge in [0.15, 0.2) is 4.99 Å². The minimum Gasteiger partial charge on any atom is -0.358 e. The summed E-state index contributed by atoms with van der Waals surface area (Å²) in [6.45, 7) is 3.75. The number of fused-ring (bicyclic) bond motifs is 1. The molecule has 1 aromatic carbocycles. The van der Waals surface area contributed by atoms with Crippen LogP contribution in [0.25, 0.3) is 0 Å². The molecule has 1 fully saturated rings. The van der Waals surface area contributed by atoms with Crippen molar-refractivity contribution in [3.05, 3.63) is 29.6 Å². The summed E-state index contributed by atoms with van der Waals surface area (Å²) in [5.74, 6) is -0.371. The van der Waals surface area contributed by atoms with E-state index in [2.05, 4.69) is 0 Å². The number of anilines is 1. The van der Waals surface area contributed by atoms with Crippen LogP contribution in [-0.4, -0.2) is 34.9 Å². The van der Waals surface area contributed by atoms with Gasteiger partial charge in [-0.15, -0.1) is 0 Å². The molecule has 112 valence electrons. The summed E-state index contributed by atoms with van der Waals surface area (Å²) >= 11 is 5.39. The molecule has 3 nitrogen and oxygen atoms in total. The van der Waals surface area contributed by atoms with E-state index in [0.29, 0.717) is 4.99 Å². The lowest BCUT2D eigenvalue weighted by Gasteiger charge is -2.36. The van der Waals surface area contributed by atoms with Gasteiger partial charge in [-0.25, -0.2) is 4.39 Å². The molecule has 21 heavy (non-hydrogen) atoms. The van der Waals surface area contributed by atoms with E-state index in [1.54, 1.807) is 11.0 Å². The van der Waals surface area contributed by atoms with Gasteiger partial charge in [-0.3, -0.25) is 4.79 Å². The minimum absolute atomic E-state index is 0.0935. The number of carbonyl (C=O) groups is 1. The second-order valence-corrected chi connectivity index (χ2v) is 6.22. The Balaban J connectivity index is 1.90. The number of nitrogens with zero attached hydrogens (tertiary/aromatic N) is 2. The third-order valence-electron chi connectivity index (χ3n) is 4.37. The van der Waals surface area contributed by atoms with Crippen molar-refractivity contribution in [2.75, 3.05) is 18.0 Å². The first kappa shape index (κ1) is 14.4. The zero-order valence-corrected chi connectivity index (χ0v) is 13.0. The maximum absolute atomic E-state index is 13.4. The topological polar surface area (TPSA) is 23.6 Å². The minimum atomic E-state index is -0.252. The Bertz CT molecular complexity index is 584. The molecule has 1 atom stereocenters. The van der Waals surface area contributed by atoms with Crippen LogP contribution >= 0.6 is 12.2 Å². The summed E-state index contributed by atoms with van der Waals surface area (Å²) in [5.41, 5.74) is 1.70. The van der Waals surface area contributed by atoms with Crippen LogP contribution in [0.2, 0.25) is 0 Å². The smallest absolute Gasteiger partial charge is 0.286 e. The van der Waals surface area contributed by atoms with Gasteiger partial charge in [-0.1, -0.05) is 12.2 Å². The van der Waals surface area contributed by atoms with Crippen molar-refractivity contribution >= 4 is 28.8 Å². The molecule has 0 bridgehead atoms. The van der Waals surface area contributed by atoms with Crippen molar-refractivity contribution in [3.8, 4) is 0 Å². The SMILES string of the molecule is CC1CCc2cc(F)ccc2N1C(=O)C(=S)N1CCCC1. The number of rotatable bonds is 0. The Morgan fingerprint density at radius 1 is 1.33 bits per heavy atom. The van der Waals surface area contributed by atoms with E-state index >= 15 is 0 Å². The van der Waals surface area contributed by atoms with Gasteiger partial charge >= 0.3 is 0 Å². The summed E-state index contributed by atoms with van der Waals surface area (Å²) in [6.07, 6.45) is 3.81.